The average molecular weight is 528 g/mol. The Bertz CT molecular complexity index is 1520. The van der Waals surface area contributed by atoms with Crippen molar-refractivity contribution in [2.45, 2.75) is 13.0 Å². The number of amides is 1. The fraction of sp³-hybridized carbons (Fsp3) is 0.207. The van der Waals surface area contributed by atoms with Crippen molar-refractivity contribution < 1.29 is 23.7 Å². The number of ether oxygens (including phenoxy) is 4. The first-order chi connectivity index (χ1) is 19.0. The van der Waals surface area contributed by atoms with E-state index >= 15 is 0 Å². The fourth-order valence-electron chi connectivity index (χ4n) is 4.66. The van der Waals surface area contributed by atoms with Gasteiger partial charge < -0.3 is 29.6 Å². The second-order valence-electron chi connectivity index (χ2n) is 8.75. The molecule has 39 heavy (non-hydrogen) atoms. The lowest BCUT2D eigenvalue weighted by Gasteiger charge is -2.28. The Morgan fingerprint density at radius 3 is 2.15 bits per heavy atom. The van der Waals surface area contributed by atoms with E-state index in [0.29, 0.717) is 57.3 Å². The lowest BCUT2D eigenvalue weighted by atomic mass is 9.95. The van der Waals surface area contributed by atoms with Crippen LogP contribution in [0.2, 0.25) is 0 Å². The molecule has 5 rings (SSSR count). The van der Waals surface area contributed by atoms with Crippen LogP contribution < -0.4 is 29.6 Å². The van der Waals surface area contributed by atoms with Crippen molar-refractivity contribution in [2.24, 2.45) is 0 Å². The van der Waals surface area contributed by atoms with Gasteiger partial charge in [0.2, 0.25) is 11.7 Å². The highest BCUT2D eigenvalue weighted by Crippen LogP contribution is 2.42. The lowest BCUT2D eigenvalue weighted by Crippen LogP contribution is -2.31. The number of rotatable bonds is 8. The minimum atomic E-state index is -0.541. The molecule has 1 atom stereocenters. The zero-order valence-corrected chi connectivity index (χ0v) is 22.3. The van der Waals surface area contributed by atoms with Crippen LogP contribution in [0.1, 0.15) is 18.5 Å². The van der Waals surface area contributed by atoms with Crippen LogP contribution in [0, 0.1) is 0 Å². The largest absolute Gasteiger partial charge is 0.495 e. The number of hydrogen-bond donors (Lipinski definition) is 2. The maximum absolute atomic E-state index is 13.8. The second-order valence-corrected chi connectivity index (χ2v) is 8.75. The molecule has 4 aromatic rings. The lowest BCUT2D eigenvalue weighted by molar-refractivity contribution is -0.113. The number of fused-ring (bicyclic) bond motifs is 1. The van der Waals surface area contributed by atoms with Gasteiger partial charge in [-0.15, -0.1) is 5.10 Å². The molecule has 1 aliphatic heterocycles. The number of hydrogen-bond acceptors (Lipinski definition) is 8. The molecule has 0 spiro atoms. The standard InChI is InChI=1S/C29H29N5O5/c1-17-24(28(35)31-20-13-9-10-14-21(20)36-2)25(18-11-7-6-8-12-18)34-29(30-17)32-27(33-34)19-15-22(37-3)26(39-5)23(16-19)38-4/h6-16,25H,1-5H3,(H,31,35)(H,30,32,33). The number of anilines is 2. The van der Waals surface area contributed by atoms with Gasteiger partial charge in [-0.2, -0.15) is 4.98 Å². The van der Waals surface area contributed by atoms with Gasteiger partial charge in [0.25, 0.3) is 5.91 Å². The van der Waals surface area contributed by atoms with Gasteiger partial charge in [0.05, 0.1) is 39.7 Å². The molecule has 10 nitrogen and oxygen atoms in total. The molecule has 2 heterocycles. The van der Waals surface area contributed by atoms with Crippen LogP contribution >= 0.6 is 0 Å². The summed E-state index contributed by atoms with van der Waals surface area (Å²) in [6, 6.07) is 20.0. The Kier molecular flexibility index (Phi) is 7.09. The fourth-order valence-corrected chi connectivity index (χ4v) is 4.66. The quantitative estimate of drug-likeness (QED) is 0.333. The molecule has 0 radical (unpaired) electrons. The topological polar surface area (TPSA) is 109 Å². The average Bonchev–Trinajstić information content (AvgIpc) is 3.39. The smallest absolute Gasteiger partial charge is 0.255 e. The Balaban J connectivity index is 1.60. The van der Waals surface area contributed by atoms with E-state index in [1.807, 2.05) is 49.4 Å². The van der Waals surface area contributed by atoms with E-state index in [0.717, 1.165) is 5.56 Å². The predicted molar refractivity (Wildman–Crippen MR) is 148 cm³/mol. The first-order valence-electron chi connectivity index (χ1n) is 12.2. The molecule has 1 aromatic heterocycles. The predicted octanol–water partition coefficient (Wildman–Crippen LogP) is 4.91. The van der Waals surface area contributed by atoms with E-state index in [-0.39, 0.29) is 5.91 Å². The van der Waals surface area contributed by atoms with E-state index in [9.17, 15) is 4.79 Å². The van der Waals surface area contributed by atoms with Crippen molar-refractivity contribution in [3.63, 3.8) is 0 Å². The third-order valence-electron chi connectivity index (χ3n) is 6.49. The van der Waals surface area contributed by atoms with Gasteiger partial charge >= 0.3 is 0 Å². The van der Waals surface area contributed by atoms with Crippen LogP contribution in [-0.4, -0.2) is 49.1 Å². The first kappa shape index (κ1) is 25.7. The maximum Gasteiger partial charge on any atom is 0.255 e. The van der Waals surface area contributed by atoms with Crippen LogP contribution in [0.15, 0.2) is 78.0 Å². The third-order valence-corrected chi connectivity index (χ3v) is 6.49. The minimum absolute atomic E-state index is 0.283. The summed E-state index contributed by atoms with van der Waals surface area (Å²) in [7, 11) is 6.23. The van der Waals surface area contributed by atoms with Gasteiger partial charge in [0, 0.05) is 11.3 Å². The highest BCUT2D eigenvalue weighted by atomic mass is 16.5. The molecule has 1 unspecified atom stereocenters. The van der Waals surface area contributed by atoms with Gasteiger partial charge in [0.1, 0.15) is 11.8 Å². The molecule has 0 aliphatic carbocycles. The number of benzene rings is 3. The summed E-state index contributed by atoms with van der Waals surface area (Å²) in [5.74, 6) is 2.65. The molecule has 2 N–H and O–H groups in total. The number of para-hydroxylation sites is 2. The Morgan fingerprint density at radius 2 is 1.51 bits per heavy atom. The van der Waals surface area contributed by atoms with Crippen LogP contribution in [0.4, 0.5) is 11.6 Å². The number of carbonyl (C=O) groups excluding carboxylic acids is 1. The zero-order valence-electron chi connectivity index (χ0n) is 22.3. The summed E-state index contributed by atoms with van der Waals surface area (Å²) in [4.78, 5) is 18.5. The number of methoxy groups -OCH3 is 4. The van der Waals surface area contributed by atoms with E-state index in [4.69, 9.17) is 29.0 Å². The molecule has 0 bridgehead atoms. The highest BCUT2D eigenvalue weighted by molar-refractivity contribution is 6.06. The molecular formula is C29H29N5O5. The van der Waals surface area contributed by atoms with Crippen molar-refractivity contribution in [1.82, 2.24) is 14.8 Å². The van der Waals surface area contributed by atoms with Gasteiger partial charge in [0.15, 0.2) is 17.3 Å². The number of allylic oxidation sites excluding steroid dienone is 1. The van der Waals surface area contributed by atoms with Crippen molar-refractivity contribution in [3.05, 3.63) is 83.6 Å². The van der Waals surface area contributed by atoms with Crippen molar-refractivity contribution >= 4 is 17.5 Å². The Hall–Kier alpha value is -4.99. The first-order valence-corrected chi connectivity index (χ1v) is 12.2. The van der Waals surface area contributed by atoms with E-state index in [1.165, 1.54) is 0 Å². The SMILES string of the molecule is COc1ccccc1NC(=O)C1=C(C)Nc2nc(-c3cc(OC)c(OC)c(OC)c3)nn2C1c1ccccc1. The maximum atomic E-state index is 13.8. The molecule has 10 heteroatoms. The molecule has 200 valence electrons. The molecule has 3 aromatic carbocycles. The van der Waals surface area contributed by atoms with Crippen molar-refractivity contribution in [1.29, 1.82) is 0 Å². The molecule has 0 saturated carbocycles. The van der Waals surface area contributed by atoms with Gasteiger partial charge in [-0.25, -0.2) is 4.68 Å². The van der Waals surface area contributed by atoms with Crippen LogP contribution in [0.5, 0.6) is 23.0 Å². The van der Waals surface area contributed by atoms with E-state index in [1.54, 1.807) is 57.4 Å². The zero-order chi connectivity index (χ0) is 27.5. The van der Waals surface area contributed by atoms with Crippen LogP contribution in [0.3, 0.4) is 0 Å². The summed E-state index contributed by atoms with van der Waals surface area (Å²) < 4.78 is 23.6. The van der Waals surface area contributed by atoms with Gasteiger partial charge in [-0.3, -0.25) is 4.79 Å². The number of aromatic nitrogens is 3. The van der Waals surface area contributed by atoms with Crippen LogP contribution in [-0.2, 0) is 4.79 Å². The summed E-state index contributed by atoms with van der Waals surface area (Å²) in [5, 5.41) is 11.1. The minimum Gasteiger partial charge on any atom is -0.495 e. The second kappa shape index (κ2) is 10.8. The van der Waals surface area contributed by atoms with Gasteiger partial charge in [-0.05, 0) is 36.8 Å². The van der Waals surface area contributed by atoms with E-state index < -0.39 is 6.04 Å². The molecule has 0 saturated heterocycles. The molecule has 1 amide bonds. The number of carbonyl (C=O) groups is 1. The highest BCUT2D eigenvalue weighted by Gasteiger charge is 2.35. The Labute approximate surface area is 226 Å². The summed E-state index contributed by atoms with van der Waals surface area (Å²) in [5.41, 5.74) is 3.27. The molecule has 0 fully saturated rings. The summed E-state index contributed by atoms with van der Waals surface area (Å²) >= 11 is 0. The number of nitrogens with one attached hydrogen (secondary N) is 2. The van der Waals surface area contributed by atoms with E-state index in [2.05, 4.69) is 10.6 Å². The summed E-state index contributed by atoms with van der Waals surface area (Å²) in [6.45, 7) is 1.85. The third kappa shape index (κ3) is 4.72. The number of nitrogens with zero attached hydrogens (tertiary/aromatic N) is 3. The Morgan fingerprint density at radius 1 is 0.872 bits per heavy atom. The van der Waals surface area contributed by atoms with Crippen molar-refractivity contribution in [2.75, 3.05) is 39.1 Å². The van der Waals surface area contributed by atoms with Crippen molar-refractivity contribution in [3.8, 4) is 34.4 Å². The monoisotopic (exact) mass is 527 g/mol. The normalized spacial score (nSPS) is 14.2. The van der Waals surface area contributed by atoms with Gasteiger partial charge in [-0.1, -0.05) is 42.5 Å². The summed E-state index contributed by atoms with van der Waals surface area (Å²) in [6.07, 6.45) is 0. The van der Waals surface area contributed by atoms with Crippen LogP contribution in [0.25, 0.3) is 11.4 Å². The molecule has 1 aliphatic rings. The molecular weight excluding hydrogens is 498 g/mol.